The Morgan fingerprint density at radius 2 is 1.60 bits per heavy atom. The van der Waals surface area contributed by atoms with Crippen molar-refractivity contribution in [3.05, 3.63) is 77.4 Å². The van der Waals surface area contributed by atoms with E-state index in [1.807, 2.05) is 48.5 Å². The summed E-state index contributed by atoms with van der Waals surface area (Å²) in [6, 6.07) is 18.5. The van der Waals surface area contributed by atoms with Crippen LogP contribution in [-0.2, 0) is 0 Å². The summed E-state index contributed by atoms with van der Waals surface area (Å²) in [6.45, 7) is 0. The summed E-state index contributed by atoms with van der Waals surface area (Å²) in [5, 5.41) is 12.9. The number of nitrogens with one attached hydrogen (secondary N) is 1. The second-order valence-corrected chi connectivity index (χ2v) is 6.49. The Hall–Kier alpha value is -1.50. The molecule has 121 valence electrons. The van der Waals surface area contributed by atoms with Gasteiger partial charge >= 0.3 is 5.97 Å². The molecule has 4 nitrogen and oxygen atoms in total. The summed E-state index contributed by atoms with van der Waals surface area (Å²) in [6.07, 6.45) is 1.56. The largest absolute Gasteiger partial charge is 0.478 e. The third-order valence-corrected chi connectivity index (χ3v) is 4.47. The smallest absolute Gasteiger partial charge is 0.339 e. The molecule has 0 aliphatic carbocycles. The van der Waals surface area contributed by atoms with Gasteiger partial charge in [-0.05, 0) is 60.7 Å². The number of aromatic carboxylic acids is 1. The Morgan fingerprint density at radius 1 is 1.00 bits per heavy atom. The molecule has 1 heterocycles. The van der Waals surface area contributed by atoms with Crippen LogP contribution >= 0.6 is 23.4 Å². The molecule has 0 fully saturated rings. The van der Waals surface area contributed by atoms with Crippen molar-refractivity contribution in [3.63, 3.8) is 0 Å². The molecule has 0 amide bonds. The van der Waals surface area contributed by atoms with Crippen LogP contribution in [0.3, 0.4) is 0 Å². The van der Waals surface area contributed by atoms with Gasteiger partial charge in [0, 0.05) is 56.3 Å². The molecule has 3 rings (SSSR count). The number of rotatable bonds is 5. The number of anilines is 2. The van der Waals surface area contributed by atoms with Crippen LogP contribution in [0.15, 0.2) is 76.7 Å². The first-order valence-corrected chi connectivity index (χ1v) is 8.30. The standard InChI is InChI=1S/C18H13ClN2O2S.Na/c19-12-3-7-14(8-4-12)24-15-9-5-13(6-10-15)21-17-16(18(22)23)2-1-11-20-17;/h1-11H,(H,20,21)(H,22,23);. The van der Waals surface area contributed by atoms with E-state index < -0.39 is 5.97 Å². The van der Waals surface area contributed by atoms with Gasteiger partial charge in [0.25, 0.3) is 0 Å². The van der Waals surface area contributed by atoms with E-state index in [1.54, 1.807) is 24.0 Å². The minimum absolute atomic E-state index is 0. The van der Waals surface area contributed by atoms with Crippen molar-refractivity contribution in [2.75, 3.05) is 5.32 Å². The van der Waals surface area contributed by atoms with Gasteiger partial charge in [-0.3, -0.25) is 0 Å². The normalized spacial score (nSPS) is 9.96. The number of carboxylic acids is 1. The molecule has 0 spiro atoms. The first kappa shape index (κ1) is 19.8. The van der Waals surface area contributed by atoms with Gasteiger partial charge in [-0.1, -0.05) is 23.4 Å². The Morgan fingerprint density at radius 3 is 2.20 bits per heavy atom. The average Bonchev–Trinajstić information content (AvgIpc) is 2.59. The molecule has 0 saturated carbocycles. The maximum absolute atomic E-state index is 11.2. The number of hydrogen-bond acceptors (Lipinski definition) is 4. The molecule has 1 aromatic heterocycles. The Bertz CT molecular complexity index is 858. The van der Waals surface area contributed by atoms with Crippen molar-refractivity contribution in [3.8, 4) is 0 Å². The molecule has 0 unspecified atom stereocenters. The Balaban J connectivity index is 0.00000225. The van der Waals surface area contributed by atoms with Gasteiger partial charge in [-0.15, -0.1) is 0 Å². The summed E-state index contributed by atoms with van der Waals surface area (Å²) in [4.78, 5) is 17.5. The molecular weight excluding hydrogens is 367 g/mol. The molecule has 0 bridgehead atoms. The quantitative estimate of drug-likeness (QED) is 0.614. The van der Waals surface area contributed by atoms with Crippen LogP contribution in [-0.4, -0.2) is 45.6 Å². The van der Waals surface area contributed by atoms with Crippen LogP contribution in [0.4, 0.5) is 11.5 Å². The molecule has 2 aromatic carbocycles. The van der Waals surface area contributed by atoms with Gasteiger partial charge < -0.3 is 10.4 Å². The first-order chi connectivity index (χ1) is 11.6. The third kappa shape index (κ3) is 5.49. The van der Waals surface area contributed by atoms with Gasteiger partial charge in [-0.25, -0.2) is 9.78 Å². The number of aromatic nitrogens is 1. The number of halogens is 1. The van der Waals surface area contributed by atoms with E-state index in [0.717, 1.165) is 15.5 Å². The van der Waals surface area contributed by atoms with Crippen LogP contribution in [0.1, 0.15) is 10.4 Å². The first-order valence-electron chi connectivity index (χ1n) is 7.10. The fraction of sp³-hybridized carbons (Fsp3) is 0. The maximum Gasteiger partial charge on any atom is 0.339 e. The third-order valence-electron chi connectivity index (χ3n) is 3.20. The molecule has 7 heteroatoms. The number of carboxylic acid groups (broad SMARTS) is 1. The topological polar surface area (TPSA) is 62.2 Å². The fourth-order valence-corrected chi connectivity index (χ4v) is 3.00. The van der Waals surface area contributed by atoms with Crippen LogP contribution in [0.25, 0.3) is 0 Å². The summed E-state index contributed by atoms with van der Waals surface area (Å²) >= 11 is 7.51. The number of pyridine rings is 1. The predicted octanol–water partition coefficient (Wildman–Crippen LogP) is 4.95. The molecule has 25 heavy (non-hydrogen) atoms. The van der Waals surface area contributed by atoms with Gasteiger partial charge in [0.05, 0.1) is 0 Å². The number of carbonyl (C=O) groups is 1. The van der Waals surface area contributed by atoms with Crippen molar-refractivity contribution in [2.24, 2.45) is 0 Å². The van der Waals surface area contributed by atoms with Crippen LogP contribution in [0.5, 0.6) is 0 Å². The van der Waals surface area contributed by atoms with Gasteiger partial charge in [0.15, 0.2) is 0 Å². The summed E-state index contributed by atoms with van der Waals surface area (Å²) < 4.78 is 0. The number of hydrogen-bond donors (Lipinski definition) is 2. The number of nitrogens with zero attached hydrogens (tertiary/aromatic N) is 1. The number of benzene rings is 2. The molecular formula is C18H13ClN2NaO2S. The van der Waals surface area contributed by atoms with E-state index in [1.165, 1.54) is 6.07 Å². The van der Waals surface area contributed by atoms with E-state index in [-0.39, 0.29) is 35.1 Å². The average molecular weight is 380 g/mol. The maximum atomic E-state index is 11.2. The Kier molecular flexibility index (Phi) is 7.35. The fourth-order valence-electron chi connectivity index (χ4n) is 2.06. The van der Waals surface area contributed by atoms with Gasteiger partial charge in [0.1, 0.15) is 11.4 Å². The van der Waals surface area contributed by atoms with E-state index in [2.05, 4.69) is 10.3 Å². The van der Waals surface area contributed by atoms with Crippen molar-refractivity contribution in [1.82, 2.24) is 4.98 Å². The molecule has 2 N–H and O–H groups in total. The van der Waals surface area contributed by atoms with Crippen molar-refractivity contribution < 1.29 is 9.90 Å². The van der Waals surface area contributed by atoms with Crippen molar-refractivity contribution in [2.45, 2.75) is 9.79 Å². The zero-order chi connectivity index (χ0) is 16.9. The van der Waals surface area contributed by atoms with Crippen LogP contribution in [0.2, 0.25) is 5.02 Å². The minimum atomic E-state index is -1.01. The molecule has 0 aliphatic rings. The van der Waals surface area contributed by atoms with E-state index in [4.69, 9.17) is 11.6 Å². The SMILES string of the molecule is O=C(O)c1cccnc1Nc1ccc(Sc2ccc(Cl)cc2)cc1.[Na]. The molecule has 0 atom stereocenters. The van der Waals surface area contributed by atoms with E-state index >= 15 is 0 Å². The zero-order valence-corrected chi connectivity index (χ0v) is 17.0. The zero-order valence-electron chi connectivity index (χ0n) is 13.4. The molecule has 3 aromatic rings. The summed E-state index contributed by atoms with van der Waals surface area (Å²) in [5.41, 5.74) is 0.911. The van der Waals surface area contributed by atoms with Gasteiger partial charge in [0.2, 0.25) is 0 Å². The van der Waals surface area contributed by atoms with Gasteiger partial charge in [-0.2, -0.15) is 0 Å². The van der Waals surface area contributed by atoms with Crippen LogP contribution < -0.4 is 5.32 Å². The van der Waals surface area contributed by atoms with E-state index in [0.29, 0.717) is 10.8 Å². The monoisotopic (exact) mass is 379 g/mol. The second-order valence-electron chi connectivity index (χ2n) is 4.91. The summed E-state index contributed by atoms with van der Waals surface area (Å²) in [7, 11) is 0. The van der Waals surface area contributed by atoms with Crippen molar-refractivity contribution in [1.29, 1.82) is 0 Å². The predicted molar refractivity (Wildman–Crippen MR) is 102 cm³/mol. The molecule has 0 aliphatic heterocycles. The van der Waals surface area contributed by atoms with Crippen LogP contribution in [0, 0.1) is 0 Å². The minimum Gasteiger partial charge on any atom is -0.478 e. The second kappa shape index (κ2) is 9.27. The van der Waals surface area contributed by atoms with E-state index in [9.17, 15) is 9.90 Å². The summed E-state index contributed by atoms with van der Waals surface area (Å²) in [5.74, 6) is -0.691. The molecule has 1 radical (unpaired) electrons. The Labute approximate surface area is 176 Å². The molecule has 0 saturated heterocycles. The van der Waals surface area contributed by atoms with Crippen molar-refractivity contribution >= 4 is 70.4 Å².